The summed E-state index contributed by atoms with van der Waals surface area (Å²) in [7, 11) is -1.72. The van der Waals surface area contributed by atoms with Gasteiger partial charge in [0.05, 0.1) is 25.4 Å². The number of urea groups is 1. The first-order valence-electron chi connectivity index (χ1n) is 6.11. The number of amidine groups is 1. The number of nitrogens with one attached hydrogen (secondary N) is 2. The van der Waals surface area contributed by atoms with Gasteiger partial charge >= 0.3 is 13.6 Å². The standard InChI is InChI=1S/C10H20N3O5P/c1-4-17-19(15,18-5-2)7-6-8-9(13-16-3)12-10(14)11-8/h8H,4-7H2,1-3H3,(H2,11,12,13,14). The second-order valence-electron chi connectivity index (χ2n) is 3.77. The number of oxime groups is 1. The lowest BCUT2D eigenvalue weighted by molar-refractivity contribution is 0.210. The van der Waals surface area contributed by atoms with Crippen molar-refractivity contribution in [2.75, 3.05) is 26.5 Å². The summed E-state index contributed by atoms with van der Waals surface area (Å²) in [6.07, 6.45) is 0.586. The summed E-state index contributed by atoms with van der Waals surface area (Å²) in [5, 5.41) is 8.86. The molecular weight excluding hydrogens is 273 g/mol. The van der Waals surface area contributed by atoms with Gasteiger partial charge in [-0.15, -0.1) is 0 Å². The molecule has 2 amide bonds. The summed E-state index contributed by atoms with van der Waals surface area (Å²) in [4.78, 5) is 15.9. The molecule has 0 aromatic rings. The molecule has 110 valence electrons. The van der Waals surface area contributed by atoms with Crippen molar-refractivity contribution in [2.24, 2.45) is 5.16 Å². The predicted octanol–water partition coefficient (Wildman–Crippen LogP) is 1.28. The third kappa shape index (κ3) is 4.81. The fourth-order valence-electron chi connectivity index (χ4n) is 1.71. The Morgan fingerprint density at radius 3 is 2.47 bits per heavy atom. The highest BCUT2D eigenvalue weighted by molar-refractivity contribution is 7.53. The second-order valence-corrected chi connectivity index (χ2v) is 5.95. The average Bonchev–Trinajstić information content (AvgIpc) is 2.68. The van der Waals surface area contributed by atoms with E-state index in [0.29, 0.717) is 25.5 Å². The van der Waals surface area contributed by atoms with Crippen LogP contribution in [0.2, 0.25) is 0 Å². The van der Waals surface area contributed by atoms with Crippen molar-refractivity contribution in [3.05, 3.63) is 0 Å². The maximum atomic E-state index is 12.3. The van der Waals surface area contributed by atoms with Crippen LogP contribution < -0.4 is 10.6 Å². The van der Waals surface area contributed by atoms with Crippen LogP contribution in [0.3, 0.4) is 0 Å². The molecule has 0 saturated carbocycles. The maximum absolute atomic E-state index is 12.3. The zero-order chi connectivity index (χ0) is 14.3. The largest absolute Gasteiger partial charge is 0.398 e. The van der Waals surface area contributed by atoms with E-state index in [1.165, 1.54) is 7.11 Å². The van der Waals surface area contributed by atoms with Crippen LogP contribution in [0.4, 0.5) is 4.79 Å². The fraction of sp³-hybridized carbons (Fsp3) is 0.800. The number of hydrogen-bond donors (Lipinski definition) is 2. The molecule has 0 aromatic heterocycles. The molecule has 0 spiro atoms. The minimum absolute atomic E-state index is 0.198. The van der Waals surface area contributed by atoms with Gasteiger partial charge < -0.3 is 19.2 Å². The first-order valence-corrected chi connectivity index (χ1v) is 7.84. The van der Waals surface area contributed by atoms with E-state index in [1.54, 1.807) is 13.8 Å². The van der Waals surface area contributed by atoms with E-state index in [2.05, 4.69) is 20.6 Å². The lowest BCUT2D eigenvalue weighted by atomic mass is 10.2. The van der Waals surface area contributed by atoms with Crippen LogP contribution in [-0.2, 0) is 18.5 Å². The molecule has 0 aliphatic carbocycles. The van der Waals surface area contributed by atoms with Gasteiger partial charge in [0.1, 0.15) is 7.11 Å². The molecule has 0 aromatic carbocycles. The molecule has 1 aliphatic rings. The van der Waals surface area contributed by atoms with Gasteiger partial charge in [-0.25, -0.2) is 4.79 Å². The average molecular weight is 293 g/mol. The smallest absolute Gasteiger partial charge is 0.330 e. The van der Waals surface area contributed by atoms with Crippen molar-refractivity contribution in [1.82, 2.24) is 10.6 Å². The normalized spacial score (nSPS) is 21.3. The molecule has 9 heteroatoms. The third-order valence-electron chi connectivity index (χ3n) is 2.41. The summed E-state index contributed by atoms with van der Waals surface area (Å²) in [6, 6.07) is -0.731. The highest BCUT2D eigenvalue weighted by Gasteiger charge is 2.32. The highest BCUT2D eigenvalue weighted by atomic mass is 31.2. The Morgan fingerprint density at radius 2 is 1.95 bits per heavy atom. The van der Waals surface area contributed by atoms with Gasteiger partial charge in [0.2, 0.25) is 0 Å². The van der Waals surface area contributed by atoms with Crippen LogP contribution in [0, 0.1) is 0 Å². The number of hydrogen-bond acceptors (Lipinski definition) is 6. The highest BCUT2D eigenvalue weighted by Crippen LogP contribution is 2.48. The van der Waals surface area contributed by atoms with Gasteiger partial charge in [0.15, 0.2) is 5.84 Å². The summed E-state index contributed by atoms with van der Waals surface area (Å²) in [5.41, 5.74) is 0. The Labute approximate surface area is 112 Å². The number of rotatable bonds is 8. The van der Waals surface area contributed by atoms with Gasteiger partial charge in [-0.3, -0.25) is 9.88 Å². The number of carbonyl (C=O) groups is 1. The van der Waals surface area contributed by atoms with Crippen LogP contribution in [0.1, 0.15) is 20.3 Å². The molecule has 19 heavy (non-hydrogen) atoms. The first kappa shape index (κ1) is 15.9. The van der Waals surface area contributed by atoms with Crippen molar-refractivity contribution in [3.8, 4) is 0 Å². The van der Waals surface area contributed by atoms with E-state index in [-0.39, 0.29) is 18.2 Å². The van der Waals surface area contributed by atoms with Crippen molar-refractivity contribution in [3.63, 3.8) is 0 Å². The molecule has 0 bridgehead atoms. The Kier molecular flexibility index (Phi) is 6.27. The lowest BCUT2D eigenvalue weighted by Gasteiger charge is -2.18. The topological polar surface area (TPSA) is 98.2 Å². The van der Waals surface area contributed by atoms with Crippen LogP contribution in [0.5, 0.6) is 0 Å². The molecule has 2 N–H and O–H groups in total. The quantitative estimate of drug-likeness (QED) is 0.519. The van der Waals surface area contributed by atoms with E-state index < -0.39 is 7.60 Å². The van der Waals surface area contributed by atoms with Gasteiger partial charge in [-0.1, -0.05) is 5.16 Å². The van der Waals surface area contributed by atoms with E-state index in [1.807, 2.05) is 0 Å². The minimum Gasteiger partial charge on any atom is -0.398 e. The Hall–Kier alpha value is -1.11. The Morgan fingerprint density at radius 1 is 1.32 bits per heavy atom. The summed E-state index contributed by atoms with van der Waals surface area (Å²) < 4.78 is 22.6. The van der Waals surface area contributed by atoms with E-state index in [4.69, 9.17) is 9.05 Å². The molecule has 0 radical (unpaired) electrons. The SMILES string of the molecule is CCOP(=O)(CCC1NC(=O)NC1=NOC)OCC. The maximum Gasteiger partial charge on any atom is 0.330 e. The predicted molar refractivity (Wildman–Crippen MR) is 70.2 cm³/mol. The minimum atomic E-state index is -3.11. The van der Waals surface area contributed by atoms with Crippen molar-refractivity contribution in [2.45, 2.75) is 26.3 Å². The Bertz CT molecular complexity index is 377. The van der Waals surface area contributed by atoms with E-state index >= 15 is 0 Å². The summed E-state index contributed by atoms with van der Waals surface area (Å²) in [6.45, 7) is 4.13. The van der Waals surface area contributed by atoms with Crippen molar-refractivity contribution >= 4 is 19.5 Å². The monoisotopic (exact) mass is 293 g/mol. The molecule has 1 rings (SSSR count). The zero-order valence-corrected chi connectivity index (χ0v) is 12.2. The number of carbonyl (C=O) groups excluding carboxylic acids is 1. The molecule has 1 atom stereocenters. The van der Waals surface area contributed by atoms with Gasteiger partial charge in [-0.05, 0) is 20.3 Å². The van der Waals surface area contributed by atoms with E-state index in [0.717, 1.165) is 0 Å². The van der Waals surface area contributed by atoms with Crippen LogP contribution >= 0.6 is 7.60 Å². The molecule has 1 fully saturated rings. The third-order valence-corrected chi connectivity index (χ3v) is 4.52. The van der Waals surface area contributed by atoms with Crippen LogP contribution in [-0.4, -0.2) is 44.4 Å². The number of nitrogens with zero attached hydrogens (tertiary/aromatic N) is 1. The molecule has 8 nitrogen and oxygen atoms in total. The van der Waals surface area contributed by atoms with Gasteiger partial charge in [0.25, 0.3) is 0 Å². The van der Waals surface area contributed by atoms with Crippen molar-refractivity contribution < 1.29 is 23.2 Å². The molecule has 1 heterocycles. The fourth-order valence-corrected chi connectivity index (χ4v) is 3.40. The van der Waals surface area contributed by atoms with Crippen LogP contribution in [0.25, 0.3) is 0 Å². The lowest BCUT2D eigenvalue weighted by Crippen LogP contribution is -2.30. The summed E-state index contributed by atoms with van der Waals surface area (Å²) >= 11 is 0. The van der Waals surface area contributed by atoms with Gasteiger partial charge in [0, 0.05) is 0 Å². The summed E-state index contributed by atoms with van der Waals surface area (Å²) in [5.74, 6) is 0.368. The van der Waals surface area contributed by atoms with Gasteiger partial charge in [-0.2, -0.15) is 0 Å². The molecular formula is C10H20N3O5P. The van der Waals surface area contributed by atoms with Crippen molar-refractivity contribution in [1.29, 1.82) is 0 Å². The number of amides is 2. The second kappa shape index (κ2) is 7.47. The molecule has 1 aliphatic heterocycles. The molecule has 1 unspecified atom stereocenters. The Balaban J connectivity index is 2.60. The zero-order valence-electron chi connectivity index (χ0n) is 11.3. The van der Waals surface area contributed by atoms with E-state index in [9.17, 15) is 9.36 Å². The van der Waals surface area contributed by atoms with Crippen LogP contribution in [0.15, 0.2) is 5.16 Å². The first-order chi connectivity index (χ1) is 9.04. The molecule has 1 saturated heterocycles.